The van der Waals surface area contributed by atoms with Gasteiger partial charge >= 0.3 is 0 Å². The third-order valence-electron chi connectivity index (χ3n) is 3.41. The average molecular weight is 356 g/mol. The van der Waals surface area contributed by atoms with E-state index >= 15 is 0 Å². The molecule has 3 rings (SSSR count). The highest BCUT2D eigenvalue weighted by molar-refractivity contribution is 9.10. The fourth-order valence-electron chi connectivity index (χ4n) is 2.42. The van der Waals surface area contributed by atoms with Crippen LogP contribution in [0.2, 0.25) is 0 Å². The van der Waals surface area contributed by atoms with E-state index in [1.165, 1.54) is 6.07 Å². The Balaban J connectivity index is 2.24. The van der Waals surface area contributed by atoms with Crippen LogP contribution in [0.5, 0.6) is 0 Å². The van der Waals surface area contributed by atoms with Crippen molar-refractivity contribution in [3.05, 3.63) is 86.4 Å². The Labute approximate surface area is 134 Å². The fourth-order valence-corrected chi connectivity index (χ4v) is 2.82. The van der Waals surface area contributed by atoms with Crippen molar-refractivity contribution in [3.63, 3.8) is 0 Å². The second-order valence-corrected chi connectivity index (χ2v) is 5.70. The van der Waals surface area contributed by atoms with E-state index in [1.54, 1.807) is 48.5 Å². The minimum Gasteiger partial charge on any atom is -0.288 e. The number of carbonyl (C=O) groups excluding carboxylic acids is 1. The number of hydrogen-bond acceptors (Lipinski definition) is 3. The Morgan fingerprint density at radius 3 is 2.50 bits per heavy atom. The monoisotopic (exact) mass is 355 g/mol. The Morgan fingerprint density at radius 2 is 1.77 bits per heavy atom. The first-order valence-corrected chi connectivity index (χ1v) is 7.33. The summed E-state index contributed by atoms with van der Waals surface area (Å²) in [5, 5.41) is 12.7. The van der Waals surface area contributed by atoms with Gasteiger partial charge in [-0.2, -0.15) is 0 Å². The number of nitro groups is 1. The minimum atomic E-state index is -0.493. The number of carbonyl (C=O) groups is 1. The molecule has 3 aromatic rings. The third kappa shape index (κ3) is 2.51. The predicted molar refractivity (Wildman–Crippen MR) is 88.2 cm³/mol. The number of rotatable bonds is 3. The maximum absolute atomic E-state index is 12.6. The molecule has 0 heterocycles. The van der Waals surface area contributed by atoms with Crippen LogP contribution in [0.3, 0.4) is 0 Å². The minimum absolute atomic E-state index is 0.0989. The Hall–Kier alpha value is -2.53. The van der Waals surface area contributed by atoms with Gasteiger partial charge in [0.05, 0.1) is 10.3 Å². The van der Waals surface area contributed by atoms with Crippen LogP contribution in [-0.4, -0.2) is 10.7 Å². The lowest BCUT2D eigenvalue weighted by Crippen LogP contribution is -2.06. The van der Waals surface area contributed by atoms with Crippen LogP contribution in [0.15, 0.2) is 65.1 Å². The molecule has 0 aliphatic rings. The summed E-state index contributed by atoms with van der Waals surface area (Å²) in [6.45, 7) is 0. The van der Waals surface area contributed by atoms with Crippen molar-refractivity contribution in [2.24, 2.45) is 0 Å². The fraction of sp³-hybridized carbons (Fsp3) is 0. The van der Waals surface area contributed by atoms with Crippen LogP contribution >= 0.6 is 15.9 Å². The van der Waals surface area contributed by atoms with Gasteiger partial charge in [0.15, 0.2) is 5.78 Å². The number of nitro benzene ring substituents is 1. The largest absolute Gasteiger partial charge is 0.288 e. The second-order valence-electron chi connectivity index (χ2n) is 4.78. The quantitative estimate of drug-likeness (QED) is 0.387. The molecule has 0 saturated carbocycles. The van der Waals surface area contributed by atoms with Gasteiger partial charge in [-0.3, -0.25) is 14.9 Å². The van der Waals surface area contributed by atoms with Crippen LogP contribution in [0.1, 0.15) is 15.9 Å². The molecule has 0 unspecified atom stereocenters. The summed E-state index contributed by atoms with van der Waals surface area (Å²) in [5.41, 5.74) is 0.359. The molecule has 108 valence electrons. The molecule has 0 aliphatic carbocycles. The summed E-state index contributed by atoms with van der Waals surface area (Å²) in [4.78, 5) is 23.6. The second kappa shape index (κ2) is 5.69. The highest BCUT2D eigenvalue weighted by atomic mass is 79.9. The highest BCUT2D eigenvalue weighted by Gasteiger charge is 2.24. The van der Waals surface area contributed by atoms with E-state index in [-0.39, 0.29) is 17.0 Å². The summed E-state index contributed by atoms with van der Waals surface area (Å²) in [6, 6.07) is 17.0. The van der Waals surface area contributed by atoms with E-state index in [0.717, 1.165) is 9.86 Å². The van der Waals surface area contributed by atoms with Gasteiger partial charge in [0.25, 0.3) is 5.69 Å². The van der Waals surface area contributed by atoms with Gasteiger partial charge < -0.3 is 0 Å². The molecule has 4 nitrogen and oxygen atoms in total. The lowest BCUT2D eigenvalue weighted by molar-refractivity contribution is -0.383. The van der Waals surface area contributed by atoms with Gasteiger partial charge in [0.2, 0.25) is 0 Å². The molecular weight excluding hydrogens is 346 g/mol. The Bertz CT molecular complexity index is 905. The molecule has 0 saturated heterocycles. The molecule has 0 bridgehead atoms. The summed E-state index contributed by atoms with van der Waals surface area (Å²) in [7, 11) is 0. The van der Waals surface area contributed by atoms with Gasteiger partial charge in [-0.05, 0) is 29.7 Å². The lowest BCUT2D eigenvalue weighted by atomic mass is 9.97. The molecule has 0 fully saturated rings. The van der Waals surface area contributed by atoms with Crippen molar-refractivity contribution in [1.82, 2.24) is 0 Å². The standard InChI is InChI=1S/C17H10BrNO3/c18-13-6-3-5-12(10-13)17(20)15-9-8-11-4-1-2-7-14(11)16(15)19(21)22/h1-10H. The smallest absolute Gasteiger partial charge is 0.288 e. The topological polar surface area (TPSA) is 60.2 Å². The van der Waals surface area contributed by atoms with E-state index in [2.05, 4.69) is 15.9 Å². The van der Waals surface area contributed by atoms with Crippen LogP contribution in [0, 0.1) is 10.1 Å². The lowest BCUT2D eigenvalue weighted by Gasteiger charge is -2.06. The van der Waals surface area contributed by atoms with E-state index in [4.69, 9.17) is 0 Å². The predicted octanol–water partition coefficient (Wildman–Crippen LogP) is 4.74. The molecule has 0 aromatic heterocycles. The number of ketones is 1. The number of halogens is 1. The average Bonchev–Trinajstić information content (AvgIpc) is 2.52. The Kier molecular flexibility index (Phi) is 3.73. The van der Waals surface area contributed by atoms with Crippen molar-refractivity contribution in [2.45, 2.75) is 0 Å². The van der Waals surface area contributed by atoms with Crippen LogP contribution in [-0.2, 0) is 0 Å². The van der Waals surface area contributed by atoms with E-state index < -0.39 is 4.92 Å². The molecule has 3 aromatic carbocycles. The van der Waals surface area contributed by atoms with Gasteiger partial charge in [-0.15, -0.1) is 0 Å². The summed E-state index contributed by atoms with van der Waals surface area (Å²) in [6.07, 6.45) is 0. The Morgan fingerprint density at radius 1 is 1.00 bits per heavy atom. The van der Waals surface area contributed by atoms with Crippen LogP contribution in [0.4, 0.5) is 5.69 Å². The van der Waals surface area contributed by atoms with E-state index in [0.29, 0.717) is 10.9 Å². The number of fused-ring (bicyclic) bond motifs is 1. The molecule has 0 amide bonds. The molecule has 0 N–H and O–H groups in total. The molecule has 5 heteroatoms. The van der Waals surface area contributed by atoms with Gasteiger partial charge in [-0.1, -0.05) is 52.3 Å². The van der Waals surface area contributed by atoms with Crippen molar-refractivity contribution >= 4 is 38.2 Å². The SMILES string of the molecule is O=C(c1cccc(Br)c1)c1ccc2ccccc2c1[N+](=O)[O-]. The maximum Gasteiger partial charge on any atom is 0.288 e. The van der Waals surface area contributed by atoms with Crippen molar-refractivity contribution in [3.8, 4) is 0 Å². The third-order valence-corrected chi connectivity index (χ3v) is 3.91. The van der Waals surface area contributed by atoms with Gasteiger partial charge in [0.1, 0.15) is 5.56 Å². The zero-order valence-electron chi connectivity index (χ0n) is 11.3. The summed E-state index contributed by atoms with van der Waals surface area (Å²) >= 11 is 3.30. The maximum atomic E-state index is 12.6. The van der Waals surface area contributed by atoms with Gasteiger partial charge in [-0.25, -0.2) is 0 Å². The molecule has 22 heavy (non-hydrogen) atoms. The molecule has 0 spiro atoms. The normalized spacial score (nSPS) is 10.6. The first-order valence-electron chi connectivity index (χ1n) is 6.54. The molecule has 0 atom stereocenters. The first kappa shape index (κ1) is 14.4. The molecule has 0 radical (unpaired) electrons. The number of hydrogen-bond donors (Lipinski definition) is 0. The molecular formula is C17H10BrNO3. The number of benzene rings is 3. The zero-order valence-corrected chi connectivity index (χ0v) is 12.9. The number of nitrogens with zero attached hydrogens (tertiary/aromatic N) is 1. The van der Waals surface area contributed by atoms with Crippen molar-refractivity contribution in [2.75, 3.05) is 0 Å². The van der Waals surface area contributed by atoms with Crippen molar-refractivity contribution < 1.29 is 9.72 Å². The first-order chi connectivity index (χ1) is 10.6. The van der Waals surface area contributed by atoms with Crippen LogP contribution < -0.4 is 0 Å². The van der Waals surface area contributed by atoms with Crippen LogP contribution in [0.25, 0.3) is 10.8 Å². The summed E-state index contributed by atoms with van der Waals surface area (Å²) in [5.74, 6) is -0.362. The zero-order chi connectivity index (χ0) is 15.7. The molecule has 0 aliphatic heterocycles. The van der Waals surface area contributed by atoms with E-state index in [9.17, 15) is 14.9 Å². The van der Waals surface area contributed by atoms with Gasteiger partial charge in [0, 0.05) is 10.0 Å². The highest BCUT2D eigenvalue weighted by Crippen LogP contribution is 2.31. The van der Waals surface area contributed by atoms with Crippen molar-refractivity contribution in [1.29, 1.82) is 0 Å². The van der Waals surface area contributed by atoms with E-state index in [1.807, 2.05) is 6.07 Å². The summed E-state index contributed by atoms with van der Waals surface area (Å²) < 4.78 is 0.752.